The fourth-order valence-corrected chi connectivity index (χ4v) is 2.39. The summed E-state index contributed by atoms with van der Waals surface area (Å²) in [6.07, 6.45) is 4.45. The largest absolute Gasteiger partial charge is 0.354 e. The van der Waals surface area contributed by atoms with E-state index in [1.54, 1.807) is 0 Å². The molecule has 1 heterocycles. The van der Waals surface area contributed by atoms with E-state index in [0.29, 0.717) is 6.42 Å². The van der Waals surface area contributed by atoms with Crippen molar-refractivity contribution in [3.05, 3.63) is 36.0 Å². The molecule has 3 nitrogen and oxygen atoms in total. The second-order valence-electron chi connectivity index (χ2n) is 5.37. The normalized spacial score (nSPS) is 12.6. The molecule has 0 aliphatic heterocycles. The average Bonchev–Trinajstić information content (AvgIpc) is 2.87. The zero-order valence-corrected chi connectivity index (χ0v) is 12.6. The highest BCUT2D eigenvalue weighted by Crippen LogP contribution is 2.18. The molecule has 0 aliphatic rings. The SMILES string of the molecule is CC[C@H](C)NC(=O)CCc1ccc2c(ccn2CC)c1. The molecule has 1 amide bonds. The van der Waals surface area contributed by atoms with Gasteiger partial charge in [-0.05, 0) is 55.8 Å². The van der Waals surface area contributed by atoms with Gasteiger partial charge in [-0.3, -0.25) is 4.79 Å². The van der Waals surface area contributed by atoms with Crippen molar-refractivity contribution in [2.24, 2.45) is 0 Å². The number of nitrogens with one attached hydrogen (secondary N) is 1. The Labute approximate surface area is 121 Å². The first-order chi connectivity index (χ1) is 9.63. The first kappa shape index (κ1) is 14.6. The lowest BCUT2D eigenvalue weighted by Crippen LogP contribution is -2.31. The molecule has 1 N–H and O–H groups in total. The van der Waals surface area contributed by atoms with Crippen LogP contribution in [0.4, 0.5) is 0 Å². The van der Waals surface area contributed by atoms with Gasteiger partial charge in [0.05, 0.1) is 0 Å². The van der Waals surface area contributed by atoms with Crippen LogP contribution >= 0.6 is 0 Å². The van der Waals surface area contributed by atoms with Gasteiger partial charge < -0.3 is 9.88 Å². The maximum Gasteiger partial charge on any atom is 0.220 e. The summed E-state index contributed by atoms with van der Waals surface area (Å²) in [7, 11) is 0. The van der Waals surface area contributed by atoms with Gasteiger partial charge in [-0.1, -0.05) is 13.0 Å². The summed E-state index contributed by atoms with van der Waals surface area (Å²) in [6, 6.07) is 8.88. The Hall–Kier alpha value is -1.77. The average molecular weight is 272 g/mol. The summed E-state index contributed by atoms with van der Waals surface area (Å²) >= 11 is 0. The zero-order valence-electron chi connectivity index (χ0n) is 12.6. The Kier molecular flexibility index (Phi) is 4.83. The van der Waals surface area contributed by atoms with E-state index < -0.39 is 0 Å². The summed E-state index contributed by atoms with van der Waals surface area (Å²) in [4.78, 5) is 11.8. The summed E-state index contributed by atoms with van der Waals surface area (Å²) in [5, 5.41) is 4.26. The molecule has 2 aromatic rings. The van der Waals surface area contributed by atoms with Gasteiger partial charge in [-0.2, -0.15) is 0 Å². The van der Waals surface area contributed by atoms with Gasteiger partial charge in [0.2, 0.25) is 5.91 Å². The molecule has 20 heavy (non-hydrogen) atoms. The van der Waals surface area contributed by atoms with Crippen molar-refractivity contribution in [3.8, 4) is 0 Å². The number of aryl methyl sites for hydroxylation is 2. The van der Waals surface area contributed by atoms with Crippen molar-refractivity contribution in [2.45, 2.75) is 52.6 Å². The lowest BCUT2D eigenvalue weighted by molar-refractivity contribution is -0.121. The molecule has 0 unspecified atom stereocenters. The van der Waals surface area contributed by atoms with Crippen molar-refractivity contribution in [1.29, 1.82) is 0 Å². The molecule has 0 saturated carbocycles. The highest BCUT2D eigenvalue weighted by molar-refractivity contribution is 5.81. The Bertz CT molecular complexity index is 586. The van der Waals surface area contributed by atoms with Crippen LogP contribution in [0.3, 0.4) is 0 Å². The fraction of sp³-hybridized carbons (Fsp3) is 0.471. The number of rotatable bonds is 6. The number of amides is 1. The summed E-state index contributed by atoms with van der Waals surface area (Å²) in [6.45, 7) is 7.25. The molecule has 1 aromatic heterocycles. The van der Waals surface area contributed by atoms with Gasteiger partial charge in [0.25, 0.3) is 0 Å². The predicted octanol–water partition coefficient (Wildman–Crippen LogP) is 3.51. The zero-order chi connectivity index (χ0) is 14.5. The number of aromatic nitrogens is 1. The Morgan fingerprint density at radius 3 is 2.80 bits per heavy atom. The van der Waals surface area contributed by atoms with Gasteiger partial charge >= 0.3 is 0 Å². The van der Waals surface area contributed by atoms with Crippen LogP contribution in [0.15, 0.2) is 30.5 Å². The van der Waals surface area contributed by atoms with Crippen LogP contribution in [0, 0.1) is 0 Å². The van der Waals surface area contributed by atoms with Crippen LogP contribution in [0.5, 0.6) is 0 Å². The van der Waals surface area contributed by atoms with E-state index in [9.17, 15) is 4.79 Å². The van der Waals surface area contributed by atoms with E-state index >= 15 is 0 Å². The molecule has 108 valence electrons. The van der Waals surface area contributed by atoms with Gasteiger partial charge in [0.15, 0.2) is 0 Å². The Morgan fingerprint density at radius 1 is 1.30 bits per heavy atom. The third kappa shape index (κ3) is 3.41. The van der Waals surface area contributed by atoms with E-state index in [2.05, 4.69) is 54.2 Å². The predicted molar refractivity (Wildman–Crippen MR) is 83.8 cm³/mol. The first-order valence-electron chi connectivity index (χ1n) is 7.51. The number of carbonyl (C=O) groups excluding carboxylic acids is 1. The molecule has 3 heteroatoms. The summed E-state index contributed by atoms with van der Waals surface area (Å²) < 4.78 is 2.23. The minimum absolute atomic E-state index is 0.144. The van der Waals surface area contributed by atoms with Crippen LogP contribution in [0.25, 0.3) is 10.9 Å². The van der Waals surface area contributed by atoms with Crippen LogP contribution in [0.2, 0.25) is 0 Å². The number of hydrogen-bond acceptors (Lipinski definition) is 1. The summed E-state index contributed by atoms with van der Waals surface area (Å²) in [5.41, 5.74) is 2.49. The minimum atomic E-state index is 0.144. The van der Waals surface area contributed by atoms with E-state index in [0.717, 1.165) is 19.4 Å². The van der Waals surface area contributed by atoms with Crippen molar-refractivity contribution in [1.82, 2.24) is 9.88 Å². The molecule has 0 fully saturated rings. The monoisotopic (exact) mass is 272 g/mol. The first-order valence-corrected chi connectivity index (χ1v) is 7.51. The standard InChI is InChI=1S/C17H24N2O/c1-4-13(3)18-17(20)9-7-14-6-8-16-15(12-14)10-11-19(16)5-2/h6,8,10-13H,4-5,7,9H2,1-3H3,(H,18,20)/t13-/m0/s1. The molecule has 1 aromatic carbocycles. The lowest BCUT2D eigenvalue weighted by atomic mass is 10.1. The molecule has 2 rings (SSSR count). The van der Waals surface area contributed by atoms with Gasteiger partial charge in [-0.15, -0.1) is 0 Å². The number of hydrogen-bond donors (Lipinski definition) is 1. The molecular weight excluding hydrogens is 248 g/mol. The summed E-state index contributed by atoms with van der Waals surface area (Å²) in [5.74, 6) is 0.144. The van der Waals surface area contributed by atoms with Gasteiger partial charge in [-0.25, -0.2) is 0 Å². The van der Waals surface area contributed by atoms with Crippen LogP contribution in [-0.2, 0) is 17.8 Å². The molecule has 0 radical (unpaired) electrons. The molecule has 0 spiro atoms. The fourth-order valence-electron chi connectivity index (χ4n) is 2.39. The second kappa shape index (κ2) is 6.60. The third-order valence-corrected chi connectivity index (χ3v) is 3.84. The molecule has 0 aliphatic carbocycles. The highest BCUT2D eigenvalue weighted by atomic mass is 16.1. The minimum Gasteiger partial charge on any atom is -0.354 e. The topological polar surface area (TPSA) is 34.0 Å². The van der Waals surface area contributed by atoms with Crippen molar-refractivity contribution in [2.75, 3.05) is 0 Å². The van der Waals surface area contributed by atoms with Crippen LogP contribution in [-0.4, -0.2) is 16.5 Å². The smallest absolute Gasteiger partial charge is 0.220 e. The number of fused-ring (bicyclic) bond motifs is 1. The van der Waals surface area contributed by atoms with E-state index in [1.807, 2.05) is 6.92 Å². The van der Waals surface area contributed by atoms with Gasteiger partial charge in [0.1, 0.15) is 0 Å². The maximum atomic E-state index is 11.8. The molecule has 0 bridgehead atoms. The number of benzene rings is 1. The number of carbonyl (C=O) groups is 1. The van der Waals surface area contributed by atoms with Gasteiger partial charge in [0, 0.05) is 30.7 Å². The van der Waals surface area contributed by atoms with Crippen molar-refractivity contribution in [3.63, 3.8) is 0 Å². The van der Waals surface area contributed by atoms with E-state index in [1.165, 1.54) is 16.5 Å². The second-order valence-corrected chi connectivity index (χ2v) is 5.37. The molecule has 1 atom stereocenters. The van der Waals surface area contributed by atoms with E-state index in [4.69, 9.17) is 0 Å². The number of nitrogens with zero attached hydrogens (tertiary/aromatic N) is 1. The van der Waals surface area contributed by atoms with Crippen LogP contribution < -0.4 is 5.32 Å². The molecular formula is C17H24N2O. The maximum absolute atomic E-state index is 11.8. The molecule has 0 saturated heterocycles. The van der Waals surface area contributed by atoms with Crippen LogP contribution in [0.1, 0.15) is 39.2 Å². The van der Waals surface area contributed by atoms with Crippen molar-refractivity contribution < 1.29 is 4.79 Å². The quantitative estimate of drug-likeness (QED) is 0.858. The van der Waals surface area contributed by atoms with E-state index in [-0.39, 0.29) is 11.9 Å². The highest BCUT2D eigenvalue weighted by Gasteiger charge is 2.07. The Balaban J connectivity index is 1.98. The third-order valence-electron chi connectivity index (χ3n) is 3.84. The Morgan fingerprint density at radius 2 is 2.10 bits per heavy atom. The lowest BCUT2D eigenvalue weighted by Gasteiger charge is -2.11. The van der Waals surface area contributed by atoms with Crippen molar-refractivity contribution >= 4 is 16.8 Å².